The minimum Gasteiger partial charge on any atom is -0.478 e. The van der Waals surface area contributed by atoms with Crippen LogP contribution in [0.15, 0.2) is 4.36 Å². The van der Waals surface area contributed by atoms with E-state index in [-0.39, 0.29) is 31.2 Å². The summed E-state index contributed by atoms with van der Waals surface area (Å²) in [6.07, 6.45) is 2.32. The first-order chi connectivity index (χ1) is 9.33. The molecule has 1 amide bonds. The number of unbranched alkanes of at least 4 members (excludes halogenated alkanes) is 1. The average Bonchev–Trinajstić information content (AvgIpc) is 2.35. The molecule has 2 atom stereocenters. The second-order valence-electron chi connectivity index (χ2n) is 5.18. The Morgan fingerprint density at radius 3 is 2.60 bits per heavy atom. The molecule has 8 heteroatoms. The van der Waals surface area contributed by atoms with Gasteiger partial charge in [0, 0.05) is 19.4 Å². The molecule has 0 radical (unpaired) electrons. The van der Waals surface area contributed by atoms with Crippen LogP contribution in [-0.2, 0) is 20.1 Å². The SMILES string of the molecule is CCCCC(=O)N1CCC(C)CC1(N=S(=O)=O)C(=O)O. The van der Waals surface area contributed by atoms with Gasteiger partial charge < -0.3 is 10.0 Å². The molecule has 0 aliphatic carbocycles. The molecular formula is C12H20N2O5S. The van der Waals surface area contributed by atoms with Crippen LogP contribution in [0.5, 0.6) is 0 Å². The standard InChI is InChI=1S/C12H20N2O5S/c1-3-4-5-10(15)14-7-6-9(2)8-12(14,11(16)17)13-20(18)19/h9H,3-8H2,1-2H3,(H,16,17). The van der Waals surface area contributed by atoms with Crippen LogP contribution in [0.25, 0.3) is 0 Å². The number of carbonyl (C=O) groups excluding carboxylic acids is 1. The largest absolute Gasteiger partial charge is 0.478 e. The molecule has 0 saturated carbocycles. The van der Waals surface area contributed by atoms with Crippen molar-refractivity contribution in [2.75, 3.05) is 6.54 Å². The van der Waals surface area contributed by atoms with Crippen molar-refractivity contribution in [2.45, 2.75) is 51.6 Å². The summed E-state index contributed by atoms with van der Waals surface area (Å²) in [6.45, 7) is 3.97. The molecule has 0 aromatic carbocycles. The van der Waals surface area contributed by atoms with Crippen LogP contribution in [0.4, 0.5) is 0 Å². The molecule has 1 saturated heterocycles. The van der Waals surface area contributed by atoms with Gasteiger partial charge in [-0.25, -0.2) is 4.79 Å². The molecule has 1 heterocycles. The van der Waals surface area contributed by atoms with E-state index in [9.17, 15) is 23.1 Å². The number of likely N-dealkylation sites (tertiary alicyclic amines) is 1. The molecule has 20 heavy (non-hydrogen) atoms. The number of aliphatic carboxylic acids is 1. The Labute approximate surface area is 119 Å². The lowest BCUT2D eigenvalue weighted by Crippen LogP contribution is -2.59. The Morgan fingerprint density at radius 2 is 2.10 bits per heavy atom. The number of hydrogen-bond acceptors (Lipinski definition) is 5. The second kappa shape index (κ2) is 6.83. The first-order valence-corrected chi connectivity index (χ1v) is 7.72. The maximum atomic E-state index is 12.2. The zero-order valence-electron chi connectivity index (χ0n) is 11.7. The van der Waals surface area contributed by atoms with Crippen LogP contribution in [0.1, 0.15) is 46.0 Å². The third-order valence-corrected chi connectivity index (χ3v) is 3.99. The number of rotatable bonds is 5. The Morgan fingerprint density at radius 1 is 1.45 bits per heavy atom. The molecule has 1 aliphatic heterocycles. The minimum absolute atomic E-state index is 0.00590. The number of piperidine rings is 1. The Hall–Kier alpha value is -1.44. The van der Waals surface area contributed by atoms with Gasteiger partial charge in [-0.05, 0) is 18.8 Å². The van der Waals surface area contributed by atoms with E-state index in [4.69, 9.17) is 0 Å². The highest BCUT2D eigenvalue weighted by molar-refractivity contribution is 7.61. The number of carboxylic acids is 1. The summed E-state index contributed by atoms with van der Waals surface area (Å²) in [5.41, 5.74) is -1.98. The van der Waals surface area contributed by atoms with Crippen LogP contribution in [-0.4, -0.2) is 42.5 Å². The van der Waals surface area contributed by atoms with E-state index in [1.807, 2.05) is 13.8 Å². The monoisotopic (exact) mass is 304 g/mol. The molecule has 1 N–H and O–H groups in total. The van der Waals surface area contributed by atoms with Crippen LogP contribution in [0.3, 0.4) is 0 Å². The second-order valence-corrected chi connectivity index (χ2v) is 5.79. The third kappa shape index (κ3) is 3.56. The van der Waals surface area contributed by atoms with E-state index in [2.05, 4.69) is 4.36 Å². The zero-order chi connectivity index (χ0) is 15.3. The van der Waals surface area contributed by atoms with Gasteiger partial charge in [0.1, 0.15) is 0 Å². The summed E-state index contributed by atoms with van der Waals surface area (Å²) in [4.78, 5) is 24.9. The van der Waals surface area contributed by atoms with E-state index in [1.54, 1.807) is 0 Å². The van der Waals surface area contributed by atoms with Gasteiger partial charge in [-0.1, -0.05) is 20.3 Å². The predicted octanol–water partition coefficient (Wildman–Crippen LogP) is 1.28. The molecule has 7 nitrogen and oxygen atoms in total. The summed E-state index contributed by atoms with van der Waals surface area (Å²) in [5.74, 6) is -1.75. The zero-order valence-corrected chi connectivity index (χ0v) is 12.5. The van der Waals surface area contributed by atoms with Crippen molar-refractivity contribution >= 4 is 22.4 Å². The van der Waals surface area contributed by atoms with Crippen LogP contribution < -0.4 is 0 Å². The van der Waals surface area contributed by atoms with Crippen molar-refractivity contribution in [3.8, 4) is 0 Å². The molecule has 1 aliphatic rings. The minimum atomic E-state index is -2.88. The number of amides is 1. The maximum Gasteiger partial charge on any atom is 0.353 e. The van der Waals surface area contributed by atoms with Crippen molar-refractivity contribution in [2.24, 2.45) is 10.3 Å². The van der Waals surface area contributed by atoms with Gasteiger partial charge in [-0.2, -0.15) is 8.42 Å². The molecule has 0 spiro atoms. The van der Waals surface area contributed by atoms with Crippen molar-refractivity contribution in [3.63, 3.8) is 0 Å². The summed E-state index contributed by atoms with van der Waals surface area (Å²) in [7, 11) is -2.88. The topological polar surface area (TPSA) is 104 Å². The van der Waals surface area contributed by atoms with Crippen molar-refractivity contribution in [1.29, 1.82) is 0 Å². The van der Waals surface area contributed by atoms with Gasteiger partial charge >= 0.3 is 16.5 Å². The quantitative estimate of drug-likeness (QED) is 0.823. The van der Waals surface area contributed by atoms with Gasteiger partial charge in [0.25, 0.3) is 0 Å². The Bertz CT molecular complexity index is 508. The summed E-state index contributed by atoms with van der Waals surface area (Å²) in [6, 6.07) is 0. The fourth-order valence-corrected chi connectivity index (χ4v) is 2.98. The fourth-order valence-electron chi connectivity index (χ4n) is 2.48. The van der Waals surface area contributed by atoms with Crippen molar-refractivity contribution < 1.29 is 23.1 Å². The van der Waals surface area contributed by atoms with E-state index >= 15 is 0 Å². The van der Waals surface area contributed by atoms with E-state index in [1.165, 1.54) is 0 Å². The van der Waals surface area contributed by atoms with Crippen molar-refractivity contribution in [3.05, 3.63) is 0 Å². The molecule has 0 aromatic rings. The summed E-state index contributed by atoms with van der Waals surface area (Å²) >= 11 is 0. The van der Waals surface area contributed by atoms with Gasteiger partial charge in [-0.3, -0.25) is 4.79 Å². The lowest BCUT2D eigenvalue weighted by molar-refractivity contribution is -0.163. The number of carbonyl (C=O) groups is 2. The first kappa shape index (κ1) is 16.6. The summed E-state index contributed by atoms with van der Waals surface area (Å²) in [5, 5.41) is 9.44. The van der Waals surface area contributed by atoms with Gasteiger partial charge in [0.15, 0.2) is 0 Å². The van der Waals surface area contributed by atoms with Gasteiger partial charge in [0.05, 0.1) is 0 Å². The normalized spacial score (nSPS) is 26.1. The maximum absolute atomic E-state index is 12.2. The predicted molar refractivity (Wildman–Crippen MR) is 71.4 cm³/mol. The van der Waals surface area contributed by atoms with E-state index in [0.29, 0.717) is 12.8 Å². The van der Waals surface area contributed by atoms with Gasteiger partial charge in [0.2, 0.25) is 11.6 Å². The number of nitrogens with zero attached hydrogens (tertiary/aromatic N) is 2. The average molecular weight is 304 g/mol. The molecule has 1 fully saturated rings. The third-order valence-electron chi connectivity index (χ3n) is 3.54. The highest BCUT2D eigenvalue weighted by Crippen LogP contribution is 2.34. The van der Waals surface area contributed by atoms with Crippen LogP contribution in [0.2, 0.25) is 0 Å². The van der Waals surface area contributed by atoms with E-state index in [0.717, 1.165) is 11.3 Å². The smallest absolute Gasteiger partial charge is 0.353 e. The fraction of sp³-hybridized carbons (Fsp3) is 0.833. The molecule has 2 unspecified atom stereocenters. The summed E-state index contributed by atoms with van der Waals surface area (Å²) < 4.78 is 25.1. The van der Waals surface area contributed by atoms with Crippen LogP contribution in [0, 0.1) is 5.92 Å². The number of hydrogen-bond donors (Lipinski definition) is 1. The molecular weight excluding hydrogens is 284 g/mol. The Balaban J connectivity index is 3.19. The lowest BCUT2D eigenvalue weighted by atomic mass is 9.87. The molecule has 0 aromatic heterocycles. The van der Waals surface area contributed by atoms with Gasteiger partial charge in [-0.15, -0.1) is 4.36 Å². The molecule has 0 bridgehead atoms. The van der Waals surface area contributed by atoms with E-state index < -0.39 is 22.1 Å². The first-order valence-electron chi connectivity index (χ1n) is 6.69. The molecule has 1 rings (SSSR count). The highest BCUT2D eigenvalue weighted by atomic mass is 32.2. The van der Waals surface area contributed by atoms with Crippen molar-refractivity contribution in [1.82, 2.24) is 4.90 Å². The number of carboxylic acid groups (broad SMARTS) is 1. The Kier molecular flexibility index (Phi) is 5.67. The van der Waals surface area contributed by atoms with Crippen LogP contribution >= 0.6 is 0 Å². The lowest BCUT2D eigenvalue weighted by Gasteiger charge is -2.42. The highest BCUT2D eigenvalue weighted by Gasteiger charge is 2.50. The molecule has 114 valence electrons.